The number of nitrogens with zero attached hydrogens (tertiary/aromatic N) is 4. The van der Waals surface area contributed by atoms with E-state index in [1.807, 2.05) is 36.4 Å². The molecule has 0 unspecified atom stereocenters. The number of hydrogen-bond donors (Lipinski definition) is 1. The van der Waals surface area contributed by atoms with Crippen LogP contribution in [0.5, 0.6) is 0 Å². The van der Waals surface area contributed by atoms with Gasteiger partial charge in [0, 0.05) is 56.8 Å². The lowest BCUT2D eigenvalue weighted by molar-refractivity contribution is 0.102. The molecule has 0 spiro atoms. The Kier molecular flexibility index (Phi) is 6.29. The van der Waals surface area contributed by atoms with E-state index in [0.29, 0.717) is 5.56 Å². The summed E-state index contributed by atoms with van der Waals surface area (Å²) in [5, 5.41) is 2.95. The van der Waals surface area contributed by atoms with Crippen LogP contribution in [0.1, 0.15) is 24.2 Å². The molecule has 1 N–H and O–H groups in total. The number of nitrogens with one attached hydrogen (secondary N) is 1. The molecule has 1 fully saturated rings. The van der Waals surface area contributed by atoms with Crippen LogP contribution in [0.25, 0.3) is 0 Å². The highest BCUT2D eigenvalue weighted by Gasteiger charge is 2.16. The van der Waals surface area contributed by atoms with E-state index in [1.54, 1.807) is 6.20 Å². The number of amides is 1. The van der Waals surface area contributed by atoms with Crippen molar-refractivity contribution in [3.63, 3.8) is 0 Å². The molecule has 1 aliphatic heterocycles. The molecule has 6 heteroatoms. The molecule has 3 rings (SSSR count). The number of rotatable bonds is 6. The molecular formula is C21H29N5O. The summed E-state index contributed by atoms with van der Waals surface area (Å²) in [6.07, 6.45) is 1.66. The minimum absolute atomic E-state index is 0.136. The lowest BCUT2D eigenvalue weighted by Gasteiger charge is -2.33. The summed E-state index contributed by atoms with van der Waals surface area (Å²) in [6, 6.07) is 11.7. The smallest absolute Gasteiger partial charge is 0.257 e. The molecular weight excluding hydrogens is 338 g/mol. The van der Waals surface area contributed by atoms with Gasteiger partial charge in [0.2, 0.25) is 0 Å². The number of piperazine rings is 1. The van der Waals surface area contributed by atoms with Gasteiger partial charge in [-0.1, -0.05) is 0 Å². The summed E-state index contributed by atoms with van der Waals surface area (Å²) in [5.41, 5.74) is 2.52. The fourth-order valence-corrected chi connectivity index (χ4v) is 3.29. The fraction of sp³-hybridized carbons (Fsp3) is 0.429. The van der Waals surface area contributed by atoms with Gasteiger partial charge in [-0.25, -0.2) is 4.98 Å². The van der Waals surface area contributed by atoms with Crippen LogP contribution in [0.15, 0.2) is 42.6 Å². The quantitative estimate of drug-likeness (QED) is 0.851. The standard InChI is InChI=1S/C21H29N5O/c1-4-25(5-2)19-9-7-18(8-10-19)23-21(27)17-6-11-20(22-16-17)26-14-12-24(3)13-15-26/h6-11,16H,4-5,12-15H2,1-3H3,(H,23,27). The number of hydrogen-bond acceptors (Lipinski definition) is 5. The second-order valence-corrected chi connectivity index (χ2v) is 6.87. The van der Waals surface area contributed by atoms with E-state index in [1.165, 1.54) is 0 Å². The van der Waals surface area contributed by atoms with Crippen molar-refractivity contribution in [1.29, 1.82) is 0 Å². The van der Waals surface area contributed by atoms with Crippen LogP contribution in [-0.4, -0.2) is 62.1 Å². The maximum atomic E-state index is 12.5. The molecule has 1 aromatic carbocycles. The van der Waals surface area contributed by atoms with Gasteiger partial charge in [-0.2, -0.15) is 0 Å². The van der Waals surface area contributed by atoms with Crippen molar-refractivity contribution >= 4 is 23.1 Å². The van der Waals surface area contributed by atoms with Crippen LogP contribution in [0, 0.1) is 0 Å². The first-order valence-electron chi connectivity index (χ1n) is 9.66. The van der Waals surface area contributed by atoms with Crippen molar-refractivity contribution in [2.24, 2.45) is 0 Å². The molecule has 1 aliphatic rings. The Hall–Kier alpha value is -2.60. The van der Waals surface area contributed by atoms with Crippen molar-refractivity contribution in [2.45, 2.75) is 13.8 Å². The number of aromatic nitrogens is 1. The van der Waals surface area contributed by atoms with E-state index in [-0.39, 0.29) is 5.91 Å². The number of carbonyl (C=O) groups excluding carboxylic acids is 1. The van der Waals surface area contributed by atoms with Crippen LogP contribution in [0.4, 0.5) is 17.2 Å². The Bertz CT molecular complexity index is 732. The van der Waals surface area contributed by atoms with Gasteiger partial charge in [0.25, 0.3) is 5.91 Å². The predicted octanol–water partition coefficient (Wildman–Crippen LogP) is 2.93. The lowest BCUT2D eigenvalue weighted by atomic mass is 10.2. The highest BCUT2D eigenvalue weighted by Crippen LogP contribution is 2.19. The van der Waals surface area contributed by atoms with E-state index in [4.69, 9.17) is 0 Å². The van der Waals surface area contributed by atoms with Crippen molar-refractivity contribution in [2.75, 3.05) is 61.4 Å². The number of carbonyl (C=O) groups is 1. The van der Waals surface area contributed by atoms with Gasteiger partial charge in [0.05, 0.1) is 5.56 Å². The SMILES string of the molecule is CCN(CC)c1ccc(NC(=O)c2ccc(N3CCN(C)CC3)nc2)cc1. The summed E-state index contributed by atoms with van der Waals surface area (Å²) >= 11 is 0. The van der Waals surface area contributed by atoms with Gasteiger partial charge < -0.3 is 20.0 Å². The highest BCUT2D eigenvalue weighted by atomic mass is 16.1. The van der Waals surface area contributed by atoms with Gasteiger partial charge in [-0.05, 0) is 57.3 Å². The molecule has 0 saturated carbocycles. The first kappa shape index (κ1) is 19.2. The summed E-state index contributed by atoms with van der Waals surface area (Å²) in [5.74, 6) is 0.797. The molecule has 6 nitrogen and oxygen atoms in total. The molecule has 2 aromatic rings. The third-order valence-corrected chi connectivity index (χ3v) is 5.09. The molecule has 144 valence electrons. The third kappa shape index (κ3) is 4.77. The van der Waals surface area contributed by atoms with Crippen molar-refractivity contribution in [3.8, 4) is 0 Å². The Morgan fingerprint density at radius 1 is 1.04 bits per heavy atom. The normalized spacial score (nSPS) is 14.9. The third-order valence-electron chi connectivity index (χ3n) is 5.09. The van der Waals surface area contributed by atoms with Gasteiger partial charge in [-0.3, -0.25) is 4.79 Å². The number of pyridine rings is 1. The van der Waals surface area contributed by atoms with Crippen LogP contribution >= 0.6 is 0 Å². The first-order valence-corrected chi connectivity index (χ1v) is 9.66. The fourth-order valence-electron chi connectivity index (χ4n) is 3.29. The molecule has 27 heavy (non-hydrogen) atoms. The minimum Gasteiger partial charge on any atom is -0.372 e. The first-order chi connectivity index (χ1) is 13.1. The lowest BCUT2D eigenvalue weighted by Crippen LogP contribution is -2.44. The van der Waals surface area contributed by atoms with Crippen LogP contribution < -0.4 is 15.1 Å². The van der Waals surface area contributed by atoms with E-state index < -0.39 is 0 Å². The van der Waals surface area contributed by atoms with Crippen LogP contribution in [0.2, 0.25) is 0 Å². The summed E-state index contributed by atoms with van der Waals surface area (Å²) < 4.78 is 0. The molecule has 1 amide bonds. The highest BCUT2D eigenvalue weighted by molar-refractivity contribution is 6.04. The second-order valence-electron chi connectivity index (χ2n) is 6.87. The number of likely N-dealkylation sites (N-methyl/N-ethyl adjacent to an activating group) is 1. The molecule has 1 saturated heterocycles. The summed E-state index contributed by atoms with van der Waals surface area (Å²) in [7, 11) is 2.13. The molecule has 2 heterocycles. The number of anilines is 3. The Morgan fingerprint density at radius 2 is 1.70 bits per heavy atom. The number of benzene rings is 1. The second kappa shape index (κ2) is 8.86. The van der Waals surface area contributed by atoms with Gasteiger partial charge >= 0.3 is 0 Å². The Labute approximate surface area is 161 Å². The molecule has 0 bridgehead atoms. The zero-order valence-corrected chi connectivity index (χ0v) is 16.5. The molecule has 0 atom stereocenters. The topological polar surface area (TPSA) is 51.7 Å². The zero-order valence-electron chi connectivity index (χ0n) is 16.5. The summed E-state index contributed by atoms with van der Waals surface area (Å²) in [6.45, 7) is 10.2. The van der Waals surface area contributed by atoms with Crippen molar-refractivity contribution in [1.82, 2.24) is 9.88 Å². The van der Waals surface area contributed by atoms with E-state index in [0.717, 1.165) is 56.5 Å². The molecule has 0 aliphatic carbocycles. The average Bonchev–Trinajstić information content (AvgIpc) is 2.71. The molecule has 1 aromatic heterocycles. The molecule has 0 radical (unpaired) electrons. The van der Waals surface area contributed by atoms with Gasteiger partial charge in [-0.15, -0.1) is 0 Å². The van der Waals surface area contributed by atoms with E-state index in [9.17, 15) is 4.79 Å². The maximum Gasteiger partial charge on any atom is 0.257 e. The maximum absolute atomic E-state index is 12.5. The monoisotopic (exact) mass is 367 g/mol. The van der Waals surface area contributed by atoms with Crippen molar-refractivity contribution < 1.29 is 4.79 Å². The minimum atomic E-state index is -0.136. The predicted molar refractivity (Wildman–Crippen MR) is 112 cm³/mol. The van der Waals surface area contributed by atoms with Gasteiger partial charge in [0.15, 0.2) is 0 Å². The average molecular weight is 367 g/mol. The Morgan fingerprint density at radius 3 is 2.26 bits per heavy atom. The largest absolute Gasteiger partial charge is 0.372 e. The summed E-state index contributed by atoms with van der Waals surface area (Å²) in [4.78, 5) is 23.8. The Balaban J connectivity index is 1.61. The zero-order chi connectivity index (χ0) is 19.2. The van der Waals surface area contributed by atoms with E-state index in [2.05, 4.69) is 45.9 Å². The van der Waals surface area contributed by atoms with Crippen LogP contribution in [0.3, 0.4) is 0 Å². The van der Waals surface area contributed by atoms with Crippen molar-refractivity contribution in [3.05, 3.63) is 48.2 Å². The van der Waals surface area contributed by atoms with E-state index >= 15 is 0 Å². The van der Waals surface area contributed by atoms with Gasteiger partial charge in [0.1, 0.15) is 5.82 Å². The van der Waals surface area contributed by atoms with Crippen LogP contribution in [-0.2, 0) is 0 Å².